The van der Waals surface area contributed by atoms with Crippen molar-refractivity contribution in [3.05, 3.63) is 45.6 Å². The fourth-order valence-electron chi connectivity index (χ4n) is 1.95. The van der Waals surface area contributed by atoms with E-state index in [1.54, 1.807) is 36.5 Å². The summed E-state index contributed by atoms with van der Waals surface area (Å²) in [6.45, 7) is 3.71. The van der Waals surface area contributed by atoms with Crippen LogP contribution >= 0.6 is 22.9 Å². The van der Waals surface area contributed by atoms with Crippen LogP contribution in [0.1, 0.15) is 18.7 Å². The predicted molar refractivity (Wildman–Crippen MR) is 95.0 cm³/mol. The maximum Gasteiger partial charge on any atom is 0.242 e. The molecule has 0 unspecified atom stereocenters. The molecule has 0 aliphatic rings. The summed E-state index contributed by atoms with van der Waals surface area (Å²) in [5.41, 5.74) is 1.25. The van der Waals surface area contributed by atoms with Gasteiger partial charge in [-0.2, -0.15) is 0 Å². The highest BCUT2D eigenvalue weighted by atomic mass is 35.5. The Balaban J connectivity index is 1.91. The van der Waals surface area contributed by atoms with Gasteiger partial charge < -0.3 is 16.0 Å². The molecule has 0 fully saturated rings. The Labute approximate surface area is 144 Å². The summed E-state index contributed by atoms with van der Waals surface area (Å²) in [4.78, 5) is 24.2. The lowest BCUT2D eigenvalue weighted by Gasteiger charge is -2.16. The van der Waals surface area contributed by atoms with E-state index in [0.717, 1.165) is 4.88 Å². The number of benzene rings is 1. The molecular weight excluding hydrogens is 334 g/mol. The fourth-order valence-corrected chi connectivity index (χ4v) is 2.82. The molecule has 23 heavy (non-hydrogen) atoms. The molecule has 0 aliphatic carbocycles. The Morgan fingerprint density at radius 3 is 2.70 bits per heavy atom. The van der Waals surface area contributed by atoms with Crippen LogP contribution in [0.15, 0.2) is 35.7 Å². The lowest BCUT2D eigenvalue weighted by Crippen LogP contribution is -2.37. The third kappa shape index (κ3) is 5.26. The maximum atomic E-state index is 12.1. The molecule has 2 rings (SSSR count). The van der Waals surface area contributed by atoms with E-state index in [1.807, 2.05) is 17.5 Å². The molecular formula is C16H18ClN3O2S. The number of anilines is 2. The Hall–Kier alpha value is -2.05. The number of carbonyl (C=O) groups excluding carboxylic acids is 2. The highest BCUT2D eigenvalue weighted by Gasteiger charge is 2.13. The molecule has 1 atom stereocenters. The van der Waals surface area contributed by atoms with Gasteiger partial charge in [-0.1, -0.05) is 17.7 Å². The van der Waals surface area contributed by atoms with Crippen LogP contribution in [0.25, 0.3) is 0 Å². The molecule has 0 spiro atoms. The molecule has 3 N–H and O–H groups in total. The number of carbonyl (C=O) groups is 2. The van der Waals surface area contributed by atoms with Gasteiger partial charge in [-0.3, -0.25) is 9.59 Å². The molecule has 1 aromatic carbocycles. The predicted octanol–water partition coefficient (Wildman–Crippen LogP) is 3.48. The van der Waals surface area contributed by atoms with Crippen molar-refractivity contribution < 1.29 is 9.59 Å². The quantitative estimate of drug-likeness (QED) is 0.746. The summed E-state index contributed by atoms with van der Waals surface area (Å²) in [6.07, 6.45) is 0. The summed E-state index contributed by atoms with van der Waals surface area (Å²) in [7, 11) is 0. The number of amides is 2. The van der Waals surface area contributed by atoms with Crippen molar-refractivity contribution in [3.8, 4) is 0 Å². The van der Waals surface area contributed by atoms with Crippen molar-refractivity contribution in [2.75, 3.05) is 10.6 Å². The van der Waals surface area contributed by atoms with E-state index < -0.39 is 6.04 Å². The summed E-state index contributed by atoms with van der Waals surface area (Å²) >= 11 is 7.71. The average molecular weight is 352 g/mol. The van der Waals surface area contributed by atoms with Crippen LogP contribution in [0.4, 0.5) is 11.4 Å². The van der Waals surface area contributed by atoms with Gasteiger partial charge >= 0.3 is 0 Å². The standard InChI is InChI=1S/C16H18ClN3O2S/c1-10(16(22)18-9-13-4-3-7-23-13)19-12-5-6-15(14(17)8-12)20-11(2)21/h3-8,10,19H,9H2,1-2H3,(H,18,22)(H,20,21)/t10-/m1/s1. The first-order chi connectivity index (χ1) is 11.0. The number of hydrogen-bond acceptors (Lipinski definition) is 4. The molecule has 1 heterocycles. The zero-order chi connectivity index (χ0) is 16.8. The van der Waals surface area contributed by atoms with Gasteiger partial charge in [-0.05, 0) is 36.6 Å². The van der Waals surface area contributed by atoms with Crippen LogP contribution in [0.3, 0.4) is 0 Å². The van der Waals surface area contributed by atoms with Gasteiger partial charge in [0.1, 0.15) is 6.04 Å². The van der Waals surface area contributed by atoms with Crippen LogP contribution in [-0.2, 0) is 16.1 Å². The summed E-state index contributed by atoms with van der Waals surface area (Å²) in [5, 5.41) is 11.0. The largest absolute Gasteiger partial charge is 0.374 e. The van der Waals surface area contributed by atoms with E-state index in [4.69, 9.17) is 11.6 Å². The van der Waals surface area contributed by atoms with Crippen molar-refractivity contribution in [2.45, 2.75) is 26.4 Å². The topological polar surface area (TPSA) is 70.2 Å². The SMILES string of the molecule is CC(=O)Nc1ccc(N[C@H](C)C(=O)NCc2cccs2)cc1Cl. The number of halogens is 1. The van der Waals surface area contributed by atoms with E-state index in [-0.39, 0.29) is 11.8 Å². The molecule has 1 aromatic heterocycles. The van der Waals surface area contributed by atoms with Gasteiger partial charge in [0, 0.05) is 17.5 Å². The van der Waals surface area contributed by atoms with Gasteiger partial charge in [-0.15, -0.1) is 11.3 Å². The van der Waals surface area contributed by atoms with Gasteiger partial charge in [0.05, 0.1) is 17.3 Å². The maximum absolute atomic E-state index is 12.1. The van der Waals surface area contributed by atoms with E-state index in [0.29, 0.717) is 22.9 Å². The van der Waals surface area contributed by atoms with Gasteiger partial charge in [0.15, 0.2) is 0 Å². The second-order valence-electron chi connectivity index (χ2n) is 5.04. The van der Waals surface area contributed by atoms with Crippen LogP contribution < -0.4 is 16.0 Å². The normalized spacial score (nSPS) is 11.6. The van der Waals surface area contributed by atoms with Crippen LogP contribution in [-0.4, -0.2) is 17.9 Å². The number of rotatable bonds is 6. The molecule has 0 aliphatic heterocycles. The molecule has 0 radical (unpaired) electrons. The van der Waals surface area contributed by atoms with Gasteiger partial charge in [-0.25, -0.2) is 0 Å². The monoisotopic (exact) mass is 351 g/mol. The molecule has 2 aromatic rings. The molecule has 7 heteroatoms. The number of thiophene rings is 1. The van der Waals surface area contributed by atoms with Crippen molar-refractivity contribution in [3.63, 3.8) is 0 Å². The third-order valence-electron chi connectivity index (χ3n) is 3.07. The van der Waals surface area contributed by atoms with Crippen LogP contribution in [0.5, 0.6) is 0 Å². The zero-order valence-corrected chi connectivity index (χ0v) is 14.4. The summed E-state index contributed by atoms with van der Waals surface area (Å²) < 4.78 is 0. The molecule has 5 nitrogen and oxygen atoms in total. The lowest BCUT2D eigenvalue weighted by atomic mass is 10.2. The minimum atomic E-state index is -0.405. The van der Waals surface area contributed by atoms with E-state index in [1.165, 1.54) is 6.92 Å². The lowest BCUT2D eigenvalue weighted by molar-refractivity contribution is -0.121. The zero-order valence-electron chi connectivity index (χ0n) is 12.9. The molecule has 0 bridgehead atoms. The Kier molecular flexibility index (Phi) is 6.01. The molecule has 0 saturated heterocycles. The van der Waals surface area contributed by atoms with E-state index in [9.17, 15) is 9.59 Å². The fraction of sp³-hybridized carbons (Fsp3) is 0.250. The smallest absolute Gasteiger partial charge is 0.242 e. The number of nitrogens with one attached hydrogen (secondary N) is 3. The average Bonchev–Trinajstić information content (AvgIpc) is 3.00. The van der Waals surface area contributed by atoms with Crippen LogP contribution in [0, 0.1) is 0 Å². The number of hydrogen-bond donors (Lipinski definition) is 3. The first-order valence-electron chi connectivity index (χ1n) is 7.09. The first kappa shape index (κ1) is 17.3. The van der Waals surface area contributed by atoms with E-state index in [2.05, 4.69) is 16.0 Å². The van der Waals surface area contributed by atoms with Crippen molar-refractivity contribution in [1.82, 2.24) is 5.32 Å². The van der Waals surface area contributed by atoms with Crippen LogP contribution in [0.2, 0.25) is 5.02 Å². The Morgan fingerprint density at radius 1 is 1.30 bits per heavy atom. The second kappa shape index (κ2) is 7.99. The Morgan fingerprint density at radius 2 is 2.09 bits per heavy atom. The molecule has 0 saturated carbocycles. The third-order valence-corrected chi connectivity index (χ3v) is 4.26. The highest BCUT2D eigenvalue weighted by molar-refractivity contribution is 7.09. The molecule has 122 valence electrons. The Bertz CT molecular complexity index is 689. The minimum absolute atomic E-state index is 0.0968. The van der Waals surface area contributed by atoms with Crippen molar-refractivity contribution >= 4 is 46.1 Å². The van der Waals surface area contributed by atoms with E-state index >= 15 is 0 Å². The summed E-state index contributed by atoms with van der Waals surface area (Å²) in [6, 6.07) is 8.66. The summed E-state index contributed by atoms with van der Waals surface area (Å²) in [5.74, 6) is -0.283. The van der Waals surface area contributed by atoms with Gasteiger partial charge in [0.2, 0.25) is 11.8 Å². The minimum Gasteiger partial charge on any atom is -0.374 e. The van der Waals surface area contributed by atoms with Gasteiger partial charge in [0.25, 0.3) is 0 Å². The van der Waals surface area contributed by atoms with Crippen molar-refractivity contribution in [2.24, 2.45) is 0 Å². The molecule has 2 amide bonds. The van der Waals surface area contributed by atoms with Crippen molar-refractivity contribution in [1.29, 1.82) is 0 Å². The first-order valence-corrected chi connectivity index (χ1v) is 8.35. The highest BCUT2D eigenvalue weighted by Crippen LogP contribution is 2.25. The second-order valence-corrected chi connectivity index (χ2v) is 6.48.